The van der Waals surface area contributed by atoms with Crippen molar-refractivity contribution in [3.05, 3.63) is 72.2 Å². The molecule has 3 rings (SSSR count). The lowest BCUT2D eigenvalue weighted by molar-refractivity contribution is -0.122. The van der Waals surface area contributed by atoms with Gasteiger partial charge in [0.15, 0.2) is 11.5 Å². The minimum atomic E-state index is -0.143. The van der Waals surface area contributed by atoms with Crippen molar-refractivity contribution in [1.82, 2.24) is 5.32 Å². The molecule has 0 aliphatic heterocycles. The fourth-order valence-corrected chi connectivity index (χ4v) is 2.58. The van der Waals surface area contributed by atoms with E-state index in [1.54, 1.807) is 6.26 Å². The monoisotopic (exact) mass is 309 g/mol. The summed E-state index contributed by atoms with van der Waals surface area (Å²) >= 11 is 0. The molecule has 0 saturated carbocycles. The first-order valence-electron chi connectivity index (χ1n) is 7.73. The van der Waals surface area contributed by atoms with E-state index < -0.39 is 0 Å². The summed E-state index contributed by atoms with van der Waals surface area (Å²) in [4.78, 5) is 12.4. The fourth-order valence-electron chi connectivity index (χ4n) is 2.58. The standard InChI is InChI=1S/C19H19NO3/c1-2-16(14-7-4-3-5-8-14)19(21)20-13-15-10-11-18(23-15)17-9-6-12-22-17/h3-12,16H,2,13H2,1H3,(H,20,21). The van der Waals surface area contributed by atoms with Crippen molar-refractivity contribution in [3.63, 3.8) is 0 Å². The van der Waals surface area contributed by atoms with Crippen LogP contribution in [0.3, 0.4) is 0 Å². The van der Waals surface area contributed by atoms with Crippen molar-refractivity contribution in [1.29, 1.82) is 0 Å². The van der Waals surface area contributed by atoms with E-state index in [0.29, 0.717) is 23.8 Å². The summed E-state index contributed by atoms with van der Waals surface area (Å²) in [6.07, 6.45) is 2.36. The Balaban J connectivity index is 1.62. The molecule has 1 N–H and O–H groups in total. The molecule has 0 aliphatic carbocycles. The summed E-state index contributed by atoms with van der Waals surface area (Å²) in [5.41, 5.74) is 1.03. The lowest BCUT2D eigenvalue weighted by Gasteiger charge is -2.14. The average molecular weight is 309 g/mol. The van der Waals surface area contributed by atoms with Gasteiger partial charge in [-0.1, -0.05) is 37.3 Å². The summed E-state index contributed by atoms with van der Waals surface area (Å²) in [7, 11) is 0. The Morgan fingerprint density at radius 1 is 1.04 bits per heavy atom. The largest absolute Gasteiger partial charge is 0.461 e. The van der Waals surface area contributed by atoms with Gasteiger partial charge in [-0.15, -0.1) is 0 Å². The van der Waals surface area contributed by atoms with Gasteiger partial charge in [-0.25, -0.2) is 0 Å². The Morgan fingerprint density at radius 2 is 1.87 bits per heavy atom. The van der Waals surface area contributed by atoms with Crippen molar-refractivity contribution in [3.8, 4) is 11.5 Å². The van der Waals surface area contributed by atoms with Gasteiger partial charge in [0.25, 0.3) is 0 Å². The third kappa shape index (κ3) is 3.54. The molecule has 1 unspecified atom stereocenters. The number of rotatable bonds is 6. The van der Waals surface area contributed by atoms with Gasteiger partial charge < -0.3 is 14.2 Å². The highest BCUT2D eigenvalue weighted by Gasteiger charge is 2.18. The van der Waals surface area contributed by atoms with Crippen molar-refractivity contribution in [2.24, 2.45) is 0 Å². The second-order valence-corrected chi connectivity index (χ2v) is 5.33. The van der Waals surface area contributed by atoms with Crippen LogP contribution in [0.5, 0.6) is 0 Å². The van der Waals surface area contributed by atoms with Crippen LogP contribution in [0.25, 0.3) is 11.5 Å². The number of nitrogens with one attached hydrogen (secondary N) is 1. The van der Waals surface area contributed by atoms with Gasteiger partial charge in [-0.2, -0.15) is 0 Å². The van der Waals surface area contributed by atoms with Crippen molar-refractivity contribution in [2.45, 2.75) is 25.8 Å². The van der Waals surface area contributed by atoms with Crippen molar-refractivity contribution < 1.29 is 13.6 Å². The maximum atomic E-state index is 12.4. The molecule has 0 saturated heterocycles. The Hall–Kier alpha value is -2.75. The highest BCUT2D eigenvalue weighted by atomic mass is 16.4. The molecule has 1 amide bonds. The molecule has 2 heterocycles. The van der Waals surface area contributed by atoms with Crippen LogP contribution < -0.4 is 5.32 Å². The van der Waals surface area contributed by atoms with E-state index in [1.807, 2.05) is 61.5 Å². The minimum Gasteiger partial charge on any atom is -0.461 e. The molecule has 23 heavy (non-hydrogen) atoms. The molecule has 0 bridgehead atoms. The fraction of sp³-hybridized carbons (Fsp3) is 0.211. The van der Waals surface area contributed by atoms with Gasteiger partial charge in [-0.3, -0.25) is 4.79 Å². The molecule has 0 fully saturated rings. The molecule has 1 aromatic carbocycles. The Kier molecular flexibility index (Phi) is 4.62. The van der Waals surface area contributed by atoms with Gasteiger partial charge in [-0.05, 0) is 36.2 Å². The summed E-state index contributed by atoms with van der Waals surface area (Å²) in [5, 5.41) is 2.94. The van der Waals surface area contributed by atoms with E-state index in [4.69, 9.17) is 8.83 Å². The molecule has 0 spiro atoms. The van der Waals surface area contributed by atoms with Crippen molar-refractivity contribution in [2.75, 3.05) is 0 Å². The third-order valence-corrected chi connectivity index (χ3v) is 3.79. The van der Waals surface area contributed by atoms with E-state index in [0.717, 1.165) is 12.0 Å². The Bertz CT molecular complexity index is 744. The summed E-state index contributed by atoms with van der Waals surface area (Å²) < 4.78 is 11.0. The molecule has 1 atom stereocenters. The predicted molar refractivity (Wildman–Crippen MR) is 87.7 cm³/mol. The van der Waals surface area contributed by atoms with Gasteiger partial charge in [0.1, 0.15) is 5.76 Å². The number of hydrogen-bond acceptors (Lipinski definition) is 3. The van der Waals surface area contributed by atoms with Gasteiger partial charge in [0, 0.05) is 0 Å². The lowest BCUT2D eigenvalue weighted by Crippen LogP contribution is -2.28. The molecular weight excluding hydrogens is 290 g/mol. The van der Waals surface area contributed by atoms with Gasteiger partial charge >= 0.3 is 0 Å². The summed E-state index contributed by atoms with van der Waals surface area (Å²) in [6.45, 7) is 2.38. The maximum absolute atomic E-state index is 12.4. The second-order valence-electron chi connectivity index (χ2n) is 5.33. The Morgan fingerprint density at radius 3 is 2.57 bits per heavy atom. The number of carbonyl (C=O) groups excluding carboxylic acids is 1. The first-order valence-corrected chi connectivity index (χ1v) is 7.73. The first-order chi connectivity index (χ1) is 11.3. The topological polar surface area (TPSA) is 55.4 Å². The molecule has 4 nitrogen and oxygen atoms in total. The SMILES string of the molecule is CCC(C(=O)NCc1ccc(-c2ccco2)o1)c1ccccc1. The summed E-state index contributed by atoms with van der Waals surface area (Å²) in [6, 6.07) is 17.2. The molecular formula is C19H19NO3. The maximum Gasteiger partial charge on any atom is 0.227 e. The number of furan rings is 2. The van der Waals surface area contributed by atoms with E-state index >= 15 is 0 Å². The number of amides is 1. The molecule has 0 radical (unpaired) electrons. The smallest absolute Gasteiger partial charge is 0.227 e. The normalized spacial score (nSPS) is 12.0. The van der Waals surface area contributed by atoms with Crippen LogP contribution >= 0.6 is 0 Å². The number of benzene rings is 1. The molecule has 3 aromatic rings. The van der Waals surface area contributed by atoms with Crippen LogP contribution in [-0.4, -0.2) is 5.91 Å². The van der Waals surface area contributed by atoms with E-state index in [-0.39, 0.29) is 11.8 Å². The molecule has 2 aromatic heterocycles. The number of carbonyl (C=O) groups is 1. The average Bonchev–Trinajstić information content (AvgIpc) is 3.26. The molecule has 0 aliphatic rings. The van der Waals surface area contributed by atoms with Crippen molar-refractivity contribution >= 4 is 5.91 Å². The van der Waals surface area contributed by atoms with Crippen LogP contribution in [0, 0.1) is 0 Å². The third-order valence-electron chi connectivity index (χ3n) is 3.79. The highest BCUT2D eigenvalue weighted by Crippen LogP contribution is 2.23. The van der Waals surface area contributed by atoms with E-state index in [2.05, 4.69) is 5.32 Å². The quantitative estimate of drug-likeness (QED) is 0.736. The molecule has 4 heteroatoms. The zero-order valence-corrected chi connectivity index (χ0v) is 13.0. The first kappa shape index (κ1) is 15.2. The van der Waals surface area contributed by atoms with Crippen LogP contribution in [0.15, 0.2) is 69.7 Å². The summed E-state index contributed by atoms with van der Waals surface area (Å²) in [5.74, 6) is 1.91. The molecule has 118 valence electrons. The van der Waals surface area contributed by atoms with Crippen LogP contribution in [-0.2, 0) is 11.3 Å². The van der Waals surface area contributed by atoms with Crippen LogP contribution in [0.1, 0.15) is 30.6 Å². The second kappa shape index (κ2) is 7.01. The number of hydrogen-bond donors (Lipinski definition) is 1. The minimum absolute atomic E-state index is 0.00893. The van der Waals surface area contributed by atoms with Gasteiger partial charge in [0.05, 0.1) is 18.7 Å². The van der Waals surface area contributed by atoms with Crippen LogP contribution in [0.2, 0.25) is 0 Å². The van der Waals surface area contributed by atoms with Gasteiger partial charge in [0.2, 0.25) is 5.91 Å². The zero-order chi connectivity index (χ0) is 16.1. The van der Waals surface area contributed by atoms with E-state index in [1.165, 1.54) is 0 Å². The van der Waals surface area contributed by atoms with Crippen LogP contribution in [0.4, 0.5) is 0 Å². The zero-order valence-electron chi connectivity index (χ0n) is 13.0. The lowest BCUT2D eigenvalue weighted by atomic mass is 9.96. The Labute approximate surface area is 135 Å². The highest BCUT2D eigenvalue weighted by molar-refractivity contribution is 5.83. The predicted octanol–water partition coefficient (Wildman–Crippen LogP) is 4.35. The van der Waals surface area contributed by atoms with E-state index in [9.17, 15) is 4.79 Å².